The van der Waals surface area contributed by atoms with Crippen molar-refractivity contribution in [3.63, 3.8) is 0 Å². The number of hydrogen-bond acceptors (Lipinski definition) is 0. The van der Waals surface area contributed by atoms with Crippen LogP contribution in [-0.4, -0.2) is 0 Å². The van der Waals surface area contributed by atoms with Crippen LogP contribution in [-0.2, 0) is 0 Å². The van der Waals surface area contributed by atoms with Gasteiger partial charge in [-0.1, -0.05) is 200 Å². The summed E-state index contributed by atoms with van der Waals surface area (Å²) in [6, 6.07) is 49.7. The lowest BCUT2D eigenvalue weighted by molar-refractivity contribution is 1.61. The Morgan fingerprint density at radius 2 is 0.741 bits per heavy atom. The molecule has 0 amide bonds. The van der Waals surface area contributed by atoms with Crippen molar-refractivity contribution < 1.29 is 11.0 Å². The van der Waals surface area contributed by atoms with Crippen LogP contribution in [0.4, 0.5) is 0 Å². The van der Waals surface area contributed by atoms with Crippen LogP contribution in [0.5, 0.6) is 0 Å². The van der Waals surface area contributed by atoms with Gasteiger partial charge in [0.25, 0.3) is 0 Å². The maximum atomic E-state index is 9.83. The number of hydrogen-bond donors (Lipinski definition) is 0. The highest BCUT2D eigenvalue weighted by Gasteiger charge is 2.21. The molecule has 11 aromatic rings. The van der Waals surface area contributed by atoms with Crippen molar-refractivity contribution in [2.75, 3.05) is 0 Å². The molecule has 0 nitrogen and oxygen atoms in total. The summed E-state index contributed by atoms with van der Waals surface area (Å²) in [7, 11) is 0. The van der Waals surface area contributed by atoms with Crippen LogP contribution >= 0.6 is 0 Å². The van der Waals surface area contributed by atoms with Crippen molar-refractivity contribution in [3.05, 3.63) is 206 Å². The molecule has 0 unspecified atom stereocenters. The Morgan fingerprint density at radius 3 is 1.50 bits per heavy atom. The molecule has 0 fully saturated rings. The van der Waals surface area contributed by atoms with Gasteiger partial charge in [-0.2, -0.15) is 0 Å². The van der Waals surface area contributed by atoms with E-state index in [1.165, 1.54) is 0 Å². The number of fused-ring (bicyclic) bond motifs is 9. The molecule has 11 aromatic carbocycles. The Balaban J connectivity index is 1.36. The average Bonchev–Trinajstić information content (AvgIpc) is 3.31. The van der Waals surface area contributed by atoms with Crippen molar-refractivity contribution in [1.29, 1.82) is 0 Å². The van der Waals surface area contributed by atoms with Gasteiger partial charge in [-0.15, -0.1) is 0 Å². The molecule has 0 saturated carbocycles. The van der Waals surface area contributed by atoms with E-state index in [1.54, 1.807) is 0 Å². The van der Waals surface area contributed by atoms with Gasteiger partial charge in [-0.05, 0) is 115 Å². The maximum absolute atomic E-state index is 9.83. The van der Waals surface area contributed by atoms with E-state index in [4.69, 9.17) is 2.74 Å². The zero-order chi connectivity index (χ0) is 42.6. The van der Waals surface area contributed by atoms with Gasteiger partial charge in [-0.3, -0.25) is 0 Å². The summed E-state index contributed by atoms with van der Waals surface area (Å²) in [4.78, 5) is 0. The molecule has 0 N–H and O–H groups in total. The van der Waals surface area contributed by atoms with Gasteiger partial charge in [0.05, 0.1) is 11.0 Å². The minimum atomic E-state index is -0.486. The van der Waals surface area contributed by atoms with Crippen molar-refractivity contribution >= 4 is 64.6 Å². The lowest BCUT2D eigenvalue weighted by Crippen LogP contribution is -1.94. The van der Waals surface area contributed by atoms with E-state index in [9.17, 15) is 8.22 Å². The molecule has 0 heteroatoms. The standard InChI is InChI=1S/C54H34/c1-3-20-38-35(16-1)18-13-30-40(38)42-23-10-12-29-51(42)54-39-21-4-2-17-36(39)34-37-19-14-31-47(52(37)54)45-26-7-8-27-46(45)50-33-15-32-49-44-24-6-5-22-41(44)43-25-9-11-28-48(43)53(49)50/h1-34H/i2D,4D,14D,17D,19D,21D,31D,34D. The van der Waals surface area contributed by atoms with Crippen LogP contribution in [0.15, 0.2) is 206 Å². The van der Waals surface area contributed by atoms with Crippen LogP contribution in [0.3, 0.4) is 0 Å². The zero-order valence-electron chi connectivity index (χ0n) is 37.0. The van der Waals surface area contributed by atoms with Crippen LogP contribution in [0, 0.1) is 0 Å². The lowest BCUT2D eigenvalue weighted by Gasteiger charge is -2.21. The van der Waals surface area contributed by atoms with Crippen LogP contribution in [0.1, 0.15) is 11.0 Å². The van der Waals surface area contributed by atoms with Crippen LogP contribution < -0.4 is 0 Å². The first-order valence-electron chi connectivity index (χ1n) is 22.1. The zero-order valence-corrected chi connectivity index (χ0v) is 29.0. The SMILES string of the molecule is [2H]c1c([2H])c([2H])c2c(-c3ccccc3-c3cccc4ccccc34)c3c(-c4ccccc4-c4cccc5c6ccccc6c6ccccc6c45)c([2H])c([2H])c([2H])c3c([2H])c2c1[2H]. The third kappa shape index (κ3) is 4.64. The molecule has 0 aliphatic rings. The van der Waals surface area contributed by atoms with Gasteiger partial charge < -0.3 is 0 Å². The molecule has 0 heterocycles. The van der Waals surface area contributed by atoms with E-state index in [-0.39, 0.29) is 46.4 Å². The molecular weight excluding hydrogens is 649 g/mol. The fraction of sp³-hybridized carbons (Fsp3) is 0. The second-order valence-electron chi connectivity index (χ2n) is 13.7. The lowest BCUT2D eigenvalue weighted by atomic mass is 9.82. The first kappa shape index (κ1) is 23.5. The summed E-state index contributed by atoms with van der Waals surface area (Å²) in [5, 5.41) is 8.93. The topological polar surface area (TPSA) is 0 Å². The highest BCUT2D eigenvalue weighted by molar-refractivity contribution is 6.29. The molecule has 0 atom stereocenters. The van der Waals surface area contributed by atoms with Crippen LogP contribution in [0.25, 0.3) is 109 Å². The normalized spacial score (nSPS) is 13.8. The fourth-order valence-electron chi connectivity index (χ4n) is 8.58. The third-order valence-corrected chi connectivity index (χ3v) is 10.8. The summed E-state index contributed by atoms with van der Waals surface area (Å²) in [5.41, 5.74) is 5.25. The van der Waals surface area contributed by atoms with E-state index < -0.39 is 18.1 Å². The predicted octanol–water partition coefficient (Wildman–Crippen LogP) is 15.3. The highest BCUT2D eigenvalue weighted by atomic mass is 14.2. The molecule has 0 saturated heterocycles. The number of rotatable bonds is 4. The van der Waals surface area contributed by atoms with Gasteiger partial charge in [0.15, 0.2) is 0 Å². The minimum Gasteiger partial charge on any atom is -0.0616 e. The highest BCUT2D eigenvalue weighted by Crippen LogP contribution is 2.48. The van der Waals surface area contributed by atoms with Crippen molar-refractivity contribution in [3.8, 4) is 44.5 Å². The molecule has 0 aromatic heterocycles. The summed E-state index contributed by atoms with van der Waals surface area (Å²) in [5.74, 6) is 0. The van der Waals surface area contributed by atoms with Gasteiger partial charge in [0, 0.05) is 0 Å². The average molecular weight is 691 g/mol. The minimum absolute atomic E-state index is 0.0384. The van der Waals surface area contributed by atoms with E-state index in [0.29, 0.717) is 27.6 Å². The molecule has 0 aliphatic heterocycles. The molecular formula is C54H34. The van der Waals surface area contributed by atoms with E-state index in [2.05, 4.69) is 42.5 Å². The molecule has 0 bridgehead atoms. The molecule has 250 valence electrons. The smallest absolute Gasteiger partial charge is 0.0616 e. The first-order valence-corrected chi connectivity index (χ1v) is 18.1. The molecule has 0 spiro atoms. The molecule has 0 radical (unpaired) electrons. The second-order valence-corrected chi connectivity index (χ2v) is 13.7. The molecule has 0 aliphatic carbocycles. The molecule has 11 rings (SSSR count). The quantitative estimate of drug-likeness (QED) is 0.127. The first-order chi connectivity index (χ1) is 30.2. The Kier molecular flexibility index (Phi) is 5.36. The van der Waals surface area contributed by atoms with E-state index in [0.717, 1.165) is 65.3 Å². The van der Waals surface area contributed by atoms with Gasteiger partial charge in [-0.25, -0.2) is 0 Å². The van der Waals surface area contributed by atoms with Gasteiger partial charge >= 0.3 is 0 Å². The largest absolute Gasteiger partial charge is 0.0636 e. The van der Waals surface area contributed by atoms with Gasteiger partial charge in [0.1, 0.15) is 0 Å². The Hall–Kier alpha value is -7.02. The number of benzene rings is 11. The van der Waals surface area contributed by atoms with Gasteiger partial charge in [0.2, 0.25) is 0 Å². The summed E-state index contributed by atoms with van der Waals surface area (Å²) in [6.07, 6.45) is 0. The Bertz CT molecular complexity index is 3690. The molecule has 54 heavy (non-hydrogen) atoms. The van der Waals surface area contributed by atoms with Crippen molar-refractivity contribution in [2.24, 2.45) is 0 Å². The Labute approximate surface area is 325 Å². The second kappa shape index (κ2) is 12.3. The van der Waals surface area contributed by atoms with E-state index in [1.807, 2.05) is 115 Å². The predicted molar refractivity (Wildman–Crippen MR) is 233 cm³/mol. The van der Waals surface area contributed by atoms with Crippen molar-refractivity contribution in [2.45, 2.75) is 0 Å². The Morgan fingerprint density at radius 1 is 0.259 bits per heavy atom. The van der Waals surface area contributed by atoms with Crippen molar-refractivity contribution in [1.82, 2.24) is 0 Å². The van der Waals surface area contributed by atoms with E-state index >= 15 is 0 Å². The third-order valence-electron chi connectivity index (χ3n) is 10.8. The summed E-state index contributed by atoms with van der Waals surface area (Å²) >= 11 is 0. The summed E-state index contributed by atoms with van der Waals surface area (Å²) < 4.78 is 74.8. The monoisotopic (exact) mass is 690 g/mol. The van der Waals surface area contributed by atoms with Crippen LogP contribution in [0.2, 0.25) is 0 Å². The maximum Gasteiger partial charge on any atom is 0.0636 e. The fourth-order valence-corrected chi connectivity index (χ4v) is 8.58. The summed E-state index contributed by atoms with van der Waals surface area (Å²) in [6.45, 7) is 0.